The molecule has 0 radical (unpaired) electrons. The van der Waals surface area contributed by atoms with E-state index < -0.39 is 11.7 Å². The van der Waals surface area contributed by atoms with Gasteiger partial charge in [-0.2, -0.15) is 0 Å². The Morgan fingerprint density at radius 3 is 2.66 bits per heavy atom. The molecule has 2 aromatic rings. The van der Waals surface area contributed by atoms with Crippen LogP contribution in [0, 0.1) is 5.92 Å². The summed E-state index contributed by atoms with van der Waals surface area (Å²) in [7, 11) is 0. The van der Waals surface area contributed by atoms with Gasteiger partial charge in [-0.25, -0.2) is 0 Å². The van der Waals surface area contributed by atoms with Gasteiger partial charge in [0.15, 0.2) is 0 Å². The minimum Gasteiger partial charge on any atom is -0.357 e. The van der Waals surface area contributed by atoms with E-state index in [1.165, 1.54) is 12.8 Å². The molecule has 2 amide bonds. The van der Waals surface area contributed by atoms with E-state index in [2.05, 4.69) is 20.2 Å². The van der Waals surface area contributed by atoms with Crippen LogP contribution in [0.1, 0.15) is 35.2 Å². The van der Waals surface area contributed by atoms with Gasteiger partial charge in [0.2, 0.25) is 0 Å². The number of hydrogen-bond donors (Lipinski definition) is 1. The summed E-state index contributed by atoms with van der Waals surface area (Å²) in [5, 5.41) is 3.00. The van der Waals surface area contributed by atoms with E-state index in [0.29, 0.717) is 31.7 Å². The molecule has 3 aliphatic rings. The van der Waals surface area contributed by atoms with Gasteiger partial charge in [-0.1, -0.05) is 6.07 Å². The molecule has 2 aromatic heterocycles. The predicted molar refractivity (Wildman–Crippen MR) is 118 cm³/mol. The van der Waals surface area contributed by atoms with E-state index in [1.807, 2.05) is 17.0 Å². The number of likely N-dealkylation sites (tertiary alicyclic amines) is 1. The Labute approximate surface area is 188 Å². The highest BCUT2D eigenvalue weighted by Gasteiger charge is 2.49. The van der Waals surface area contributed by atoms with Crippen molar-refractivity contribution < 1.29 is 14.3 Å². The molecule has 2 aliphatic heterocycles. The fraction of sp³-hybridized carbons (Fsp3) is 0.500. The molecule has 3 fully saturated rings. The summed E-state index contributed by atoms with van der Waals surface area (Å²) in [4.78, 5) is 38.3. The zero-order valence-electron chi connectivity index (χ0n) is 18.2. The molecule has 5 rings (SSSR count). The Hall–Kier alpha value is -2.84. The van der Waals surface area contributed by atoms with Gasteiger partial charge in [0.1, 0.15) is 11.7 Å². The average Bonchev–Trinajstić information content (AvgIpc) is 3.56. The van der Waals surface area contributed by atoms with Crippen molar-refractivity contribution in [3.8, 4) is 0 Å². The maximum Gasteiger partial charge on any atom is 0.255 e. The van der Waals surface area contributed by atoms with Crippen LogP contribution < -0.4 is 5.32 Å². The lowest BCUT2D eigenvalue weighted by atomic mass is 9.98. The Balaban J connectivity index is 1.27. The van der Waals surface area contributed by atoms with Crippen LogP contribution in [0.15, 0.2) is 49.1 Å². The third kappa shape index (κ3) is 4.81. The maximum atomic E-state index is 13.0. The van der Waals surface area contributed by atoms with Crippen LogP contribution in [0.3, 0.4) is 0 Å². The number of hydrogen-bond acceptors (Lipinski definition) is 6. The number of carbonyl (C=O) groups excluding carboxylic acids is 2. The molecule has 8 nitrogen and oxygen atoms in total. The fourth-order valence-corrected chi connectivity index (χ4v) is 4.74. The van der Waals surface area contributed by atoms with E-state index in [0.717, 1.165) is 31.0 Å². The highest BCUT2D eigenvalue weighted by Crippen LogP contribution is 2.36. The largest absolute Gasteiger partial charge is 0.357 e. The molecule has 1 aliphatic carbocycles. The maximum absolute atomic E-state index is 13.0. The van der Waals surface area contributed by atoms with Gasteiger partial charge in [-0.3, -0.25) is 24.5 Å². The summed E-state index contributed by atoms with van der Waals surface area (Å²) in [5.74, 6) is 0.583. The van der Waals surface area contributed by atoms with Gasteiger partial charge in [-0.05, 0) is 48.9 Å². The second-order valence-corrected chi connectivity index (χ2v) is 9.22. The molecule has 1 saturated carbocycles. The monoisotopic (exact) mass is 435 g/mol. The van der Waals surface area contributed by atoms with Crippen molar-refractivity contribution in [1.82, 2.24) is 25.1 Å². The molecule has 2 atom stereocenters. The van der Waals surface area contributed by atoms with E-state index >= 15 is 0 Å². The number of pyridine rings is 2. The molecule has 0 aromatic carbocycles. The van der Waals surface area contributed by atoms with E-state index in [-0.39, 0.29) is 11.8 Å². The van der Waals surface area contributed by atoms with E-state index in [1.54, 1.807) is 36.9 Å². The first-order chi connectivity index (χ1) is 15.6. The summed E-state index contributed by atoms with van der Waals surface area (Å²) >= 11 is 0. The third-order valence-corrected chi connectivity index (χ3v) is 6.54. The minimum absolute atomic E-state index is 0.0320. The Morgan fingerprint density at radius 2 is 1.94 bits per heavy atom. The van der Waals surface area contributed by atoms with Crippen molar-refractivity contribution in [2.24, 2.45) is 5.92 Å². The minimum atomic E-state index is -0.549. The Morgan fingerprint density at radius 1 is 1.12 bits per heavy atom. The molecule has 32 heavy (non-hydrogen) atoms. The number of ether oxygens (including phenoxy) is 1. The molecule has 2 saturated heterocycles. The standard InChI is InChI=1S/C24H29N5O3/c30-22(27-12-19-3-1-8-25-11-19)21-15-28(14-18-5-6-18)16-24(32-21)7-10-29(17-24)23(31)20-4-2-9-26-13-20/h1-4,8-9,11,13,18,21H,5-7,10,12,14-17H2,(H,27,30)/t21-,24-/m1/s1. The first-order valence-electron chi connectivity index (χ1n) is 11.4. The number of nitrogens with zero attached hydrogens (tertiary/aromatic N) is 4. The molecule has 1 spiro atoms. The predicted octanol–water partition coefficient (Wildman–Crippen LogP) is 1.49. The van der Waals surface area contributed by atoms with Gasteiger partial charge in [0, 0.05) is 57.5 Å². The van der Waals surface area contributed by atoms with Crippen LogP contribution in [0.4, 0.5) is 0 Å². The second kappa shape index (κ2) is 8.96. The molecule has 0 unspecified atom stereocenters. The normalized spacial score (nSPS) is 25.8. The zero-order chi connectivity index (χ0) is 22.0. The summed E-state index contributed by atoms with van der Waals surface area (Å²) in [6.07, 6.45) is 9.43. The molecule has 1 N–H and O–H groups in total. The number of morpholine rings is 1. The summed E-state index contributed by atoms with van der Waals surface area (Å²) < 4.78 is 6.45. The average molecular weight is 436 g/mol. The van der Waals surface area contributed by atoms with Gasteiger partial charge in [0.05, 0.1) is 12.1 Å². The highest BCUT2D eigenvalue weighted by molar-refractivity contribution is 5.94. The van der Waals surface area contributed by atoms with E-state index in [9.17, 15) is 9.59 Å². The Bertz CT molecular complexity index is 953. The number of amides is 2. The van der Waals surface area contributed by atoms with Crippen molar-refractivity contribution in [3.05, 3.63) is 60.2 Å². The van der Waals surface area contributed by atoms with Gasteiger partial charge in [0.25, 0.3) is 11.8 Å². The molecular formula is C24H29N5O3. The number of carbonyl (C=O) groups is 2. The summed E-state index contributed by atoms with van der Waals surface area (Å²) in [5.41, 5.74) is 1.03. The first kappa shape index (κ1) is 21.0. The summed E-state index contributed by atoms with van der Waals surface area (Å²) in [6.45, 7) is 3.88. The van der Waals surface area contributed by atoms with Crippen molar-refractivity contribution in [2.45, 2.75) is 37.5 Å². The number of nitrogens with one attached hydrogen (secondary N) is 1. The van der Waals surface area contributed by atoms with Crippen LogP contribution in [0.5, 0.6) is 0 Å². The van der Waals surface area contributed by atoms with E-state index in [4.69, 9.17) is 4.74 Å². The first-order valence-corrected chi connectivity index (χ1v) is 11.4. The lowest BCUT2D eigenvalue weighted by molar-refractivity contribution is -0.168. The third-order valence-electron chi connectivity index (χ3n) is 6.54. The van der Waals surface area contributed by atoms with Crippen LogP contribution in [0.25, 0.3) is 0 Å². The topological polar surface area (TPSA) is 87.7 Å². The molecule has 168 valence electrons. The molecular weight excluding hydrogens is 406 g/mol. The highest BCUT2D eigenvalue weighted by atomic mass is 16.5. The van der Waals surface area contributed by atoms with Gasteiger partial charge < -0.3 is 15.0 Å². The van der Waals surface area contributed by atoms with Crippen LogP contribution >= 0.6 is 0 Å². The number of aromatic nitrogens is 2. The molecule has 8 heteroatoms. The SMILES string of the molecule is O=C(NCc1cccnc1)[C@H]1CN(CC2CC2)C[C@@]2(CCN(C(=O)c3cccnc3)C2)O1. The lowest BCUT2D eigenvalue weighted by Crippen LogP contribution is -2.60. The smallest absolute Gasteiger partial charge is 0.255 e. The van der Waals surface area contributed by atoms with Crippen LogP contribution in [-0.4, -0.2) is 76.0 Å². The van der Waals surface area contributed by atoms with Crippen LogP contribution in [-0.2, 0) is 16.1 Å². The van der Waals surface area contributed by atoms with Crippen molar-refractivity contribution in [3.63, 3.8) is 0 Å². The van der Waals surface area contributed by atoms with Crippen molar-refractivity contribution in [1.29, 1.82) is 0 Å². The molecule has 4 heterocycles. The van der Waals surface area contributed by atoms with Gasteiger partial charge >= 0.3 is 0 Å². The fourth-order valence-electron chi connectivity index (χ4n) is 4.74. The van der Waals surface area contributed by atoms with Crippen LogP contribution in [0.2, 0.25) is 0 Å². The van der Waals surface area contributed by atoms with Crippen molar-refractivity contribution >= 4 is 11.8 Å². The Kier molecular flexibility index (Phi) is 5.89. The summed E-state index contributed by atoms with van der Waals surface area (Å²) in [6, 6.07) is 7.36. The number of rotatable bonds is 6. The molecule has 0 bridgehead atoms. The van der Waals surface area contributed by atoms with Gasteiger partial charge in [-0.15, -0.1) is 0 Å². The second-order valence-electron chi connectivity index (χ2n) is 9.22. The van der Waals surface area contributed by atoms with Crippen molar-refractivity contribution in [2.75, 3.05) is 32.7 Å². The zero-order valence-corrected chi connectivity index (χ0v) is 18.2. The quantitative estimate of drug-likeness (QED) is 0.740. The lowest BCUT2D eigenvalue weighted by Gasteiger charge is -2.44.